The minimum atomic E-state index is -3.30. The van der Waals surface area contributed by atoms with Crippen molar-refractivity contribution in [2.24, 2.45) is 29.6 Å². The van der Waals surface area contributed by atoms with Crippen LogP contribution in [0.2, 0.25) is 0 Å². The summed E-state index contributed by atoms with van der Waals surface area (Å²) in [6.45, 7) is 0. The molecule has 0 atom stereocenters. The van der Waals surface area contributed by atoms with Crippen molar-refractivity contribution in [2.75, 3.05) is 5.75 Å². The monoisotopic (exact) mass is 248 g/mol. The summed E-state index contributed by atoms with van der Waals surface area (Å²) in [6.07, 6.45) is 6.48. The van der Waals surface area contributed by atoms with Crippen molar-refractivity contribution >= 4 is 19.7 Å². The highest BCUT2D eigenvalue weighted by Gasteiger charge is 2.48. The van der Waals surface area contributed by atoms with Gasteiger partial charge in [0.2, 0.25) is 9.05 Å². The molecule has 0 aromatic heterocycles. The minimum absolute atomic E-state index is 0.226. The zero-order valence-electron chi connectivity index (χ0n) is 8.73. The average Bonchev–Trinajstić information content (AvgIpc) is 2.08. The number of hydrogen-bond acceptors (Lipinski definition) is 2. The molecule has 4 aliphatic rings. The maximum atomic E-state index is 11.2. The van der Waals surface area contributed by atoms with Crippen molar-refractivity contribution in [1.82, 2.24) is 0 Å². The summed E-state index contributed by atoms with van der Waals surface area (Å²) >= 11 is 0. The van der Waals surface area contributed by atoms with Crippen molar-refractivity contribution in [3.63, 3.8) is 0 Å². The fraction of sp³-hybridized carbons (Fsp3) is 1.00. The van der Waals surface area contributed by atoms with Gasteiger partial charge in [-0.25, -0.2) is 8.42 Å². The van der Waals surface area contributed by atoms with Crippen LogP contribution in [0.4, 0.5) is 0 Å². The van der Waals surface area contributed by atoms with Crippen LogP contribution in [-0.2, 0) is 9.05 Å². The van der Waals surface area contributed by atoms with Crippen LogP contribution < -0.4 is 0 Å². The van der Waals surface area contributed by atoms with Crippen LogP contribution in [-0.4, -0.2) is 14.2 Å². The molecule has 0 radical (unpaired) electrons. The Morgan fingerprint density at radius 1 is 0.933 bits per heavy atom. The molecule has 2 nitrogen and oxygen atoms in total. The molecule has 86 valence electrons. The molecule has 0 aliphatic heterocycles. The second-order valence-corrected chi connectivity index (χ2v) is 8.62. The standard InChI is InChI=1S/C11H17ClO2S/c12-15(13,14)6-11-9-2-7-1-8(4-9)5-10(11)3-7/h7-11H,1-6H2. The summed E-state index contributed by atoms with van der Waals surface area (Å²) in [5.41, 5.74) is 0. The maximum absolute atomic E-state index is 11.2. The van der Waals surface area contributed by atoms with Gasteiger partial charge >= 0.3 is 0 Å². The molecule has 4 aliphatic carbocycles. The van der Waals surface area contributed by atoms with E-state index >= 15 is 0 Å². The Kier molecular flexibility index (Phi) is 2.33. The first kappa shape index (κ1) is 10.4. The summed E-state index contributed by atoms with van der Waals surface area (Å²) in [7, 11) is 2.10. The van der Waals surface area contributed by atoms with Gasteiger partial charge in [-0.1, -0.05) is 0 Å². The fourth-order valence-corrected chi connectivity index (χ4v) is 5.98. The summed E-state index contributed by atoms with van der Waals surface area (Å²) in [5.74, 6) is 3.73. The third-order valence-corrected chi connectivity index (χ3v) is 5.97. The molecule has 0 N–H and O–H groups in total. The Morgan fingerprint density at radius 2 is 1.40 bits per heavy atom. The third kappa shape index (κ3) is 1.93. The van der Waals surface area contributed by atoms with Crippen molar-refractivity contribution < 1.29 is 8.42 Å². The number of rotatable bonds is 2. The lowest BCUT2D eigenvalue weighted by Gasteiger charge is -2.54. The molecule has 0 unspecified atom stereocenters. The van der Waals surface area contributed by atoms with Crippen LogP contribution >= 0.6 is 10.7 Å². The second kappa shape index (κ2) is 3.36. The molecule has 4 heteroatoms. The average molecular weight is 249 g/mol. The molecule has 0 spiro atoms. The van der Waals surface area contributed by atoms with Gasteiger partial charge in [0.05, 0.1) is 5.75 Å². The predicted octanol–water partition coefficient (Wildman–Crippen LogP) is 2.63. The topological polar surface area (TPSA) is 34.1 Å². The summed E-state index contributed by atoms with van der Waals surface area (Å²) < 4.78 is 22.4. The Labute approximate surface area is 95.8 Å². The molecule has 0 saturated heterocycles. The molecule has 4 fully saturated rings. The summed E-state index contributed by atoms with van der Waals surface area (Å²) in [4.78, 5) is 0. The lowest BCUT2D eigenvalue weighted by molar-refractivity contribution is -0.0266. The SMILES string of the molecule is O=S(=O)(Cl)CC1C2CC3CC(C2)CC1C3. The van der Waals surface area contributed by atoms with E-state index in [0.29, 0.717) is 17.8 Å². The molecule has 0 aromatic rings. The van der Waals surface area contributed by atoms with E-state index < -0.39 is 9.05 Å². The van der Waals surface area contributed by atoms with Crippen molar-refractivity contribution in [2.45, 2.75) is 32.1 Å². The van der Waals surface area contributed by atoms with E-state index in [1.54, 1.807) is 0 Å². The highest BCUT2D eigenvalue weighted by Crippen LogP contribution is 2.56. The molecule has 15 heavy (non-hydrogen) atoms. The smallest absolute Gasteiger partial charge is 0.212 e. The minimum Gasteiger partial charge on any atom is -0.212 e. The van der Waals surface area contributed by atoms with Crippen LogP contribution in [0.15, 0.2) is 0 Å². The predicted molar refractivity (Wildman–Crippen MR) is 60.2 cm³/mol. The largest absolute Gasteiger partial charge is 0.232 e. The normalized spacial score (nSPS) is 48.5. The van der Waals surface area contributed by atoms with E-state index in [0.717, 1.165) is 11.8 Å². The van der Waals surface area contributed by atoms with E-state index in [4.69, 9.17) is 10.7 Å². The van der Waals surface area contributed by atoms with Crippen LogP contribution in [0.3, 0.4) is 0 Å². The van der Waals surface area contributed by atoms with Gasteiger partial charge in [-0.3, -0.25) is 0 Å². The lowest BCUT2D eigenvalue weighted by Crippen LogP contribution is -2.46. The third-order valence-electron chi connectivity index (χ3n) is 4.81. The quantitative estimate of drug-likeness (QED) is 0.704. The van der Waals surface area contributed by atoms with E-state index in [9.17, 15) is 8.42 Å². The Hall–Kier alpha value is 0.240. The molecular formula is C11H17ClO2S. The van der Waals surface area contributed by atoms with Gasteiger partial charge in [-0.15, -0.1) is 0 Å². The molecular weight excluding hydrogens is 232 g/mol. The van der Waals surface area contributed by atoms with Gasteiger partial charge in [0, 0.05) is 10.7 Å². The van der Waals surface area contributed by atoms with E-state index in [1.807, 2.05) is 0 Å². The molecule has 4 bridgehead atoms. The molecule has 0 heterocycles. The Balaban J connectivity index is 1.80. The number of hydrogen-bond donors (Lipinski definition) is 0. The maximum Gasteiger partial charge on any atom is 0.232 e. The highest BCUT2D eigenvalue weighted by atomic mass is 35.7. The lowest BCUT2D eigenvalue weighted by atomic mass is 9.52. The first-order chi connectivity index (χ1) is 7.01. The van der Waals surface area contributed by atoms with Gasteiger partial charge in [-0.05, 0) is 61.7 Å². The van der Waals surface area contributed by atoms with Gasteiger partial charge < -0.3 is 0 Å². The van der Waals surface area contributed by atoms with Gasteiger partial charge in [0.25, 0.3) is 0 Å². The van der Waals surface area contributed by atoms with Gasteiger partial charge in [0.1, 0.15) is 0 Å². The van der Waals surface area contributed by atoms with E-state index in [-0.39, 0.29) is 5.75 Å². The van der Waals surface area contributed by atoms with Crippen LogP contribution in [0, 0.1) is 29.6 Å². The second-order valence-electron chi connectivity index (χ2n) is 5.80. The first-order valence-corrected chi connectivity index (χ1v) is 8.41. The molecule has 0 aromatic carbocycles. The Bertz CT molecular complexity index is 335. The fourth-order valence-electron chi connectivity index (χ4n) is 4.54. The Morgan fingerprint density at radius 3 is 1.80 bits per heavy atom. The molecule has 4 rings (SSSR count). The zero-order chi connectivity index (χ0) is 10.6. The molecule has 4 saturated carbocycles. The van der Waals surface area contributed by atoms with Crippen LogP contribution in [0.1, 0.15) is 32.1 Å². The van der Waals surface area contributed by atoms with Crippen molar-refractivity contribution in [3.8, 4) is 0 Å². The highest BCUT2D eigenvalue weighted by molar-refractivity contribution is 8.13. The molecule has 0 amide bonds. The summed E-state index contributed by atoms with van der Waals surface area (Å²) in [5, 5.41) is 0. The first-order valence-electron chi connectivity index (χ1n) is 5.93. The van der Waals surface area contributed by atoms with Crippen molar-refractivity contribution in [1.29, 1.82) is 0 Å². The van der Waals surface area contributed by atoms with E-state index in [2.05, 4.69) is 0 Å². The van der Waals surface area contributed by atoms with Crippen LogP contribution in [0.25, 0.3) is 0 Å². The van der Waals surface area contributed by atoms with Gasteiger partial charge in [0.15, 0.2) is 0 Å². The zero-order valence-corrected chi connectivity index (χ0v) is 10.3. The summed E-state index contributed by atoms with van der Waals surface area (Å²) in [6, 6.07) is 0. The van der Waals surface area contributed by atoms with Gasteiger partial charge in [-0.2, -0.15) is 0 Å². The van der Waals surface area contributed by atoms with E-state index in [1.165, 1.54) is 32.1 Å². The van der Waals surface area contributed by atoms with Crippen LogP contribution in [0.5, 0.6) is 0 Å². The number of halogens is 1. The van der Waals surface area contributed by atoms with Crippen molar-refractivity contribution in [3.05, 3.63) is 0 Å².